The molecule has 0 fully saturated rings. The molecule has 2 radical (unpaired) electrons. The van der Waals surface area contributed by atoms with E-state index in [1.165, 1.54) is 0 Å². The third kappa shape index (κ3) is 7.87. The van der Waals surface area contributed by atoms with E-state index in [1.54, 1.807) is 42.9 Å². The van der Waals surface area contributed by atoms with Crippen LogP contribution in [-0.4, -0.2) is 27.6 Å². The minimum atomic E-state index is 0. The summed E-state index contributed by atoms with van der Waals surface area (Å²) in [5, 5.41) is 20.4. The number of rotatable bonds is 4. The summed E-state index contributed by atoms with van der Waals surface area (Å²) >= 11 is 0. The molecule has 0 bridgehead atoms. The third-order valence-electron chi connectivity index (χ3n) is 5.60. The van der Waals surface area contributed by atoms with Crippen molar-refractivity contribution in [3.8, 4) is 11.5 Å². The summed E-state index contributed by atoms with van der Waals surface area (Å²) in [7, 11) is 0. The van der Waals surface area contributed by atoms with E-state index in [2.05, 4.69) is 15.0 Å². The Hall–Kier alpha value is -3.76. The fourth-order valence-corrected chi connectivity index (χ4v) is 3.67. The van der Waals surface area contributed by atoms with E-state index in [0.29, 0.717) is 5.56 Å². The second kappa shape index (κ2) is 14.8. The Morgan fingerprint density at radius 1 is 0.605 bits per heavy atom. The Kier molecular flexibility index (Phi) is 11.9. The Morgan fingerprint density at radius 2 is 1.13 bits per heavy atom. The van der Waals surface area contributed by atoms with Crippen molar-refractivity contribution in [1.82, 2.24) is 4.98 Å². The minimum Gasteiger partial charge on any atom is -0.507 e. The van der Waals surface area contributed by atoms with E-state index in [0.717, 1.165) is 39.0 Å². The first-order chi connectivity index (χ1) is 17.5. The van der Waals surface area contributed by atoms with Crippen molar-refractivity contribution >= 4 is 34.7 Å². The van der Waals surface area contributed by atoms with E-state index in [1.807, 2.05) is 86.6 Å². The number of aromatic hydroxyl groups is 2. The molecule has 4 aromatic carbocycles. The summed E-state index contributed by atoms with van der Waals surface area (Å²) in [6, 6.07) is 30.1. The van der Waals surface area contributed by atoms with Gasteiger partial charge in [0.05, 0.1) is 16.9 Å². The first-order valence-corrected chi connectivity index (χ1v) is 11.6. The molecule has 0 unspecified atom stereocenters. The van der Waals surface area contributed by atoms with Gasteiger partial charge in [-0.15, -0.1) is 0 Å². The van der Waals surface area contributed by atoms with Crippen LogP contribution >= 0.6 is 0 Å². The Morgan fingerprint density at radius 3 is 1.74 bits per heavy atom. The van der Waals surface area contributed by atoms with Crippen LogP contribution in [0.5, 0.6) is 11.5 Å². The predicted octanol–water partition coefficient (Wildman–Crippen LogP) is 7.45. The van der Waals surface area contributed by atoms with E-state index in [-0.39, 0.29) is 45.1 Å². The van der Waals surface area contributed by atoms with E-state index in [4.69, 9.17) is 0 Å². The van der Waals surface area contributed by atoms with Crippen molar-refractivity contribution in [2.24, 2.45) is 9.98 Å². The van der Waals surface area contributed by atoms with Gasteiger partial charge in [0, 0.05) is 68.7 Å². The molecular formula is C31H27Co2N3O2. The normalized spacial score (nSPS) is 10.5. The van der Waals surface area contributed by atoms with E-state index < -0.39 is 0 Å². The Bertz CT molecular complexity index is 1530. The largest absolute Gasteiger partial charge is 0.507 e. The summed E-state index contributed by atoms with van der Waals surface area (Å²) in [5.74, 6) is 0.474. The number of hydrogen-bond donors (Lipinski definition) is 2. The summed E-state index contributed by atoms with van der Waals surface area (Å²) in [4.78, 5) is 13.2. The second-order valence-electron chi connectivity index (χ2n) is 8.23. The number of pyridine rings is 1. The molecule has 0 saturated carbocycles. The summed E-state index contributed by atoms with van der Waals surface area (Å²) in [6.07, 6.45) is 5.10. The Labute approximate surface area is 243 Å². The number of hydrogen-bond acceptors (Lipinski definition) is 5. The average molecular weight is 591 g/mol. The van der Waals surface area contributed by atoms with E-state index >= 15 is 0 Å². The maximum atomic E-state index is 9.69. The van der Waals surface area contributed by atoms with Crippen LogP contribution in [0.4, 0.5) is 11.4 Å². The predicted molar refractivity (Wildman–Crippen MR) is 148 cm³/mol. The maximum absolute atomic E-state index is 9.69. The second-order valence-corrected chi connectivity index (χ2v) is 8.23. The summed E-state index contributed by atoms with van der Waals surface area (Å²) in [6.45, 7) is 4.06. The molecular weight excluding hydrogens is 564 g/mol. The molecule has 0 aliphatic rings. The first kappa shape index (κ1) is 30.5. The summed E-state index contributed by atoms with van der Waals surface area (Å²) < 4.78 is 0. The number of aryl methyl sites for hydroxylation is 2. The van der Waals surface area contributed by atoms with Crippen molar-refractivity contribution in [3.05, 3.63) is 126 Å². The Balaban J connectivity index is 0.000000255. The molecule has 196 valence electrons. The van der Waals surface area contributed by atoms with Crippen LogP contribution < -0.4 is 0 Å². The van der Waals surface area contributed by atoms with Gasteiger partial charge in [-0.2, -0.15) is 0 Å². The van der Waals surface area contributed by atoms with Crippen molar-refractivity contribution in [2.75, 3.05) is 0 Å². The SMILES string of the molecule is Cc1cccc(C)c1N=Cc1ccccc1O.Oc1ccccc1C=Nc1cccc2cccnc12.[Co].[Co]. The van der Waals surface area contributed by atoms with E-state index in [9.17, 15) is 10.2 Å². The number of phenols is 2. The van der Waals surface area contributed by atoms with Gasteiger partial charge in [-0.1, -0.05) is 60.7 Å². The van der Waals surface area contributed by atoms with Gasteiger partial charge >= 0.3 is 0 Å². The van der Waals surface area contributed by atoms with Gasteiger partial charge < -0.3 is 10.2 Å². The van der Waals surface area contributed by atoms with Gasteiger partial charge in [-0.05, 0) is 61.4 Å². The standard InChI is InChI=1S/C16H12N2O.C15H15NO.2Co/c19-15-9-2-1-5-13(15)11-18-14-8-3-6-12-7-4-10-17-16(12)14;1-11-6-5-7-12(2)15(11)16-10-13-8-3-4-9-14(13)17;;/h1-11,19H;3-10,17H,1-2H3;;. The van der Waals surface area contributed by atoms with Crippen molar-refractivity contribution in [1.29, 1.82) is 0 Å². The van der Waals surface area contributed by atoms with Crippen LogP contribution in [0.15, 0.2) is 113 Å². The van der Waals surface area contributed by atoms with Crippen LogP contribution in [0.3, 0.4) is 0 Å². The van der Waals surface area contributed by atoms with Gasteiger partial charge in [0.1, 0.15) is 11.5 Å². The minimum absolute atomic E-state index is 0. The van der Waals surface area contributed by atoms with Crippen molar-refractivity contribution in [3.63, 3.8) is 0 Å². The topological polar surface area (TPSA) is 78.1 Å². The van der Waals surface area contributed by atoms with Crippen LogP contribution in [0, 0.1) is 13.8 Å². The zero-order valence-electron chi connectivity index (χ0n) is 20.9. The molecule has 2 N–H and O–H groups in total. The fraction of sp³-hybridized carbons (Fsp3) is 0.0645. The monoisotopic (exact) mass is 591 g/mol. The molecule has 0 amide bonds. The summed E-state index contributed by atoms with van der Waals surface area (Å²) in [5.41, 5.74) is 6.31. The van der Waals surface area contributed by atoms with Gasteiger partial charge in [0.2, 0.25) is 0 Å². The van der Waals surface area contributed by atoms with Gasteiger partial charge in [-0.25, -0.2) is 0 Å². The number of aliphatic imine (C=N–C) groups is 2. The maximum Gasteiger partial charge on any atom is 0.124 e. The molecule has 0 aliphatic carbocycles. The molecule has 0 spiro atoms. The van der Waals surface area contributed by atoms with Crippen LogP contribution in [0.2, 0.25) is 0 Å². The number of para-hydroxylation sites is 4. The number of nitrogens with zero attached hydrogens (tertiary/aromatic N) is 3. The molecule has 7 heteroatoms. The van der Waals surface area contributed by atoms with Crippen molar-refractivity contribution < 1.29 is 43.8 Å². The molecule has 38 heavy (non-hydrogen) atoms. The van der Waals surface area contributed by atoms with Crippen LogP contribution in [0.25, 0.3) is 10.9 Å². The molecule has 1 heterocycles. The van der Waals surface area contributed by atoms with Crippen molar-refractivity contribution in [2.45, 2.75) is 13.8 Å². The zero-order valence-corrected chi connectivity index (χ0v) is 23.0. The quantitative estimate of drug-likeness (QED) is 0.213. The van der Waals surface area contributed by atoms with Crippen LogP contribution in [-0.2, 0) is 33.6 Å². The van der Waals surface area contributed by atoms with Gasteiger partial charge in [-0.3, -0.25) is 15.0 Å². The molecule has 0 atom stereocenters. The average Bonchev–Trinajstić information content (AvgIpc) is 2.89. The van der Waals surface area contributed by atoms with Crippen LogP contribution in [0.1, 0.15) is 22.3 Å². The first-order valence-electron chi connectivity index (χ1n) is 11.6. The number of phenolic OH excluding ortho intramolecular Hbond substituents is 2. The molecule has 5 rings (SSSR count). The number of aromatic nitrogens is 1. The molecule has 1 aromatic heterocycles. The smallest absolute Gasteiger partial charge is 0.124 e. The number of benzene rings is 4. The van der Waals surface area contributed by atoms with Gasteiger partial charge in [0.25, 0.3) is 0 Å². The molecule has 5 nitrogen and oxygen atoms in total. The number of fused-ring (bicyclic) bond motifs is 1. The molecule has 5 aromatic rings. The fourth-order valence-electron chi connectivity index (χ4n) is 3.67. The van der Waals surface area contributed by atoms with Gasteiger partial charge in [0.15, 0.2) is 0 Å². The third-order valence-corrected chi connectivity index (χ3v) is 5.60. The molecule has 0 saturated heterocycles. The zero-order chi connectivity index (χ0) is 25.3. The molecule has 0 aliphatic heterocycles.